The van der Waals surface area contributed by atoms with Gasteiger partial charge in [-0.05, 0) is 81.8 Å². The van der Waals surface area contributed by atoms with Crippen LogP contribution in [0.3, 0.4) is 0 Å². The van der Waals surface area contributed by atoms with Gasteiger partial charge in [0.25, 0.3) is 10.0 Å². The molecule has 0 heterocycles. The first-order chi connectivity index (χ1) is 20.0. The third-order valence-corrected chi connectivity index (χ3v) is 9.86. The fourth-order valence-corrected chi connectivity index (χ4v) is 6.99. The lowest BCUT2D eigenvalue weighted by Crippen LogP contribution is -2.53. The normalized spacial score (nSPS) is 14.4. The summed E-state index contributed by atoms with van der Waals surface area (Å²) in [5.74, 6) is -0.620. The van der Waals surface area contributed by atoms with E-state index in [4.69, 9.17) is 0 Å². The Bertz CT molecular complexity index is 1490. The predicted octanol–water partition coefficient (Wildman–Crippen LogP) is 5.98. The second-order valence-corrected chi connectivity index (χ2v) is 13.4. The second kappa shape index (κ2) is 13.6. The molecule has 0 radical (unpaired) electrons. The van der Waals surface area contributed by atoms with Gasteiger partial charge in [-0.15, -0.1) is 0 Å². The van der Waals surface area contributed by atoms with Crippen molar-refractivity contribution in [3.8, 4) is 0 Å². The minimum Gasteiger partial charge on any atom is -0.352 e. The summed E-state index contributed by atoms with van der Waals surface area (Å²) in [5.41, 5.74) is 4.97. The molecule has 1 N–H and O–H groups in total. The van der Waals surface area contributed by atoms with Crippen LogP contribution in [0.2, 0.25) is 0 Å². The average molecular weight is 590 g/mol. The maximum atomic E-state index is 14.3. The highest BCUT2D eigenvalue weighted by Gasteiger charge is 2.35. The van der Waals surface area contributed by atoms with E-state index in [9.17, 15) is 18.0 Å². The van der Waals surface area contributed by atoms with Crippen molar-refractivity contribution in [2.24, 2.45) is 0 Å². The van der Waals surface area contributed by atoms with Crippen LogP contribution < -0.4 is 9.62 Å². The Morgan fingerprint density at radius 3 is 2.02 bits per heavy atom. The molecule has 4 rings (SSSR count). The third-order valence-electron chi connectivity index (χ3n) is 8.08. The minimum absolute atomic E-state index is 0.108. The summed E-state index contributed by atoms with van der Waals surface area (Å²) in [7, 11) is -4.10. The Hall–Kier alpha value is -3.65. The lowest BCUT2D eigenvalue weighted by molar-refractivity contribution is -0.140. The highest BCUT2D eigenvalue weighted by molar-refractivity contribution is 7.92. The molecule has 224 valence electrons. The van der Waals surface area contributed by atoms with E-state index in [-0.39, 0.29) is 23.4 Å². The molecule has 1 saturated carbocycles. The number of hydrogen-bond acceptors (Lipinski definition) is 4. The Morgan fingerprint density at radius 1 is 0.857 bits per heavy atom. The number of carbonyl (C=O) groups is 2. The van der Waals surface area contributed by atoms with Gasteiger partial charge in [0.1, 0.15) is 12.6 Å². The van der Waals surface area contributed by atoms with Crippen molar-refractivity contribution in [2.75, 3.05) is 10.8 Å². The molecule has 0 saturated heterocycles. The molecule has 0 aromatic heterocycles. The molecular formula is C34H43N3O4S. The first-order valence-corrected chi connectivity index (χ1v) is 16.3. The lowest BCUT2D eigenvalue weighted by Gasteiger charge is -2.34. The lowest BCUT2D eigenvalue weighted by atomic mass is 10.1. The number of hydrogen-bond donors (Lipinski definition) is 1. The molecule has 42 heavy (non-hydrogen) atoms. The standard InChI is InChI=1S/C34H43N3O4S/c1-6-31(34(39)35-29-9-7-8-10-29)36(22-28-17-12-24(2)13-18-28)33(38)23-37(32-21-26(4)11-16-27(32)5)42(40,41)30-19-14-25(3)15-20-30/h11-21,29,31H,6-10,22-23H2,1-5H3,(H,35,39). The van der Waals surface area contributed by atoms with Crippen molar-refractivity contribution in [2.45, 2.75) is 90.2 Å². The number of nitrogens with one attached hydrogen (secondary N) is 1. The van der Waals surface area contributed by atoms with E-state index in [1.165, 1.54) is 4.31 Å². The van der Waals surface area contributed by atoms with Crippen LogP contribution in [0, 0.1) is 27.7 Å². The highest BCUT2D eigenvalue weighted by atomic mass is 32.2. The monoisotopic (exact) mass is 589 g/mol. The Balaban J connectivity index is 1.74. The zero-order valence-corrected chi connectivity index (χ0v) is 26.2. The van der Waals surface area contributed by atoms with E-state index in [2.05, 4.69) is 5.32 Å². The number of benzene rings is 3. The van der Waals surface area contributed by atoms with Gasteiger partial charge in [-0.25, -0.2) is 8.42 Å². The molecule has 1 aliphatic carbocycles. The minimum atomic E-state index is -4.10. The van der Waals surface area contributed by atoms with Gasteiger partial charge in [0.05, 0.1) is 10.6 Å². The summed E-state index contributed by atoms with van der Waals surface area (Å²) in [6.45, 7) is 9.28. The number of rotatable bonds is 11. The van der Waals surface area contributed by atoms with Crippen molar-refractivity contribution < 1.29 is 18.0 Å². The van der Waals surface area contributed by atoms with Crippen LogP contribution in [0.25, 0.3) is 0 Å². The SMILES string of the molecule is CCC(C(=O)NC1CCCC1)N(Cc1ccc(C)cc1)C(=O)CN(c1cc(C)ccc1C)S(=O)(=O)c1ccc(C)cc1. The van der Waals surface area contributed by atoms with Crippen molar-refractivity contribution in [1.29, 1.82) is 0 Å². The van der Waals surface area contributed by atoms with Gasteiger partial charge in [-0.1, -0.05) is 79.4 Å². The zero-order chi connectivity index (χ0) is 30.4. The van der Waals surface area contributed by atoms with E-state index in [0.29, 0.717) is 12.1 Å². The smallest absolute Gasteiger partial charge is 0.264 e. The second-order valence-electron chi connectivity index (χ2n) is 11.5. The van der Waals surface area contributed by atoms with Gasteiger partial charge in [-0.2, -0.15) is 0 Å². The Labute approximate surface area is 251 Å². The van der Waals surface area contributed by atoms with Crippen molar-refractivity contribution in [1.82, 2.24) is 10.2 Å². The highest BCUT2D eigenvalue weighted by Crippen LogP contribution is 2.29. The number of carbonyl (C=O) groups excluding carboxylic acids is 2. The van der Waals surface area contributed by atoms with Gasteiger partial charge >= 0.3 is 0 Å². The summed E-state index contributed by atoms with van der Waals surface area (Å²) in [6.07, 6.45) is 4.43. The molecule has 8 heteroatoms. The summed E-state index contributed by atoms with van der Waals surface area (Å²) in [5, 5.41) is 3.16. The van der Waals surface area contributed by atoms with Crippen molar-refractivity contribution in [3.63, 3.8) is 0 Å². The van der Waals surface area contributed by atoms with Crippen LogP contribution in [0.15, 0.2) is 71.6 Å². The van der Waals surface area contributed by atoms with E-state index >= 15 is 0 Å². The van der Waals surface area contributed by atoms with Gasteiger partial charge in [-0.3, -0.25) is 13.9 Å². The molecule has 1 unspecified atom stereocenters. The number of nitrogens with zero attached hydrogens (tertiary/aromatic N) is 2. The van der Waals surface area contributed by atoms with Crippen LogP contribution in [0.5, 0.6) is 0 Å². The molecule has 0 aliphatic heterocycles. The molecule has 1 aliphatic rings. The van der Waals surface area contributed by atoms with Gasteiger partial charge in [0.15, 0.2) is 0 Å². The van der Waals surface area contributed by atoms with Gasteiger partial charge < -0.3 is 10.2 Å². The van der Waals surface area contributed by atoms with Crippen LogP contribution >= 0.6 is 0 Å². The van der Waals surface area contributed by atoms with Crippen molar-refractivity contribution >= 4 is 27.5 Å². The van der Waals surface area contributed by atoms with Crippen LogP contribution in [0.4, 0.5) is 5.69 Å². The number of aryl methyl sites for hydroxylation is 4. The number of anilines is 1. The summed E-state index contributed by atoms with van der Waals surface area (Å²) in [6, 6.07) is 19.4. The molecule has 0 bridgehead atoms. The number of sulfonamides is 1. The summed E-state index contributed by atoms with van der Waals surface area (Å²) >= 11 is 0. The molecular weight excluding hydrogens is 546 g/mol. The fourth-order valence-electron chi connectivity index (χ4n) is 5.52. The molecule has 0 spiro atoms. The molecule has 2 amide bonds. The van der Waals surface area contributed by atoms with Crippen LogP contribution in [-0.4, -0.2) is 43.8 Å². The van der Waals surface area contributed by atoms with E-state index in [1.54, 1.807) is 35.2 Å². The maximum Gasteiger partial charge on any atom is 0.264 e. The largest absolute Gasteiger partial charge is 0.352 e. The van der Waals surface area contributed by atoms with E-state index in [1.807, 2.05) is 71.0 Å². The zero-order valence-electron chi connectivity index (χ0n) is 25.4. The van der Waals surface area contributed by atoms with Gasteiger partial charge in [0, 0.05) is 12.6 Å². The fraction of sp³-hybridized carbons (Fsp3) is 0.412. The van der Waals surface area contributed by atoms with Gasteiger partial charge in [0.2, 0.25) is 11.8 Å². The van der Waals surface area contributed by atoms with E-state index < -0.39 is 28.5 Å². The first kappa shape index (κ1) is 31.3. The Morgan fingerprint density at radius 2 is 1.43 bits per heavy atom. The number of amides is 2. The molecule has 3 aromatic rings. The van der Waals surface area contributed by atoms with E-state index in [0.717, 1.165) is 53.5 Å². The molecule has 3 aromatic carbocycles. The molecule has 1 fully saturated rings. The Kier molecular flexibility index (Phi) is 10.1. The van der Waals surface area contributed by atoms with Crippen LogP contribution in [-0.2, 0) is 26.2 Å². The maximum absolute atomic E-state index is 14.3. The average Bonchev–Trinajstić information content (AvgIpc) is 3.47. The van der Waals surface area contributed by atoms with Crippen molar-refractivity contribution in [3.05, 3.63) is 94.5 Å². The van der Waals surface area contributed by atoms with Crippen LogP contribution in [0.1, 0.15) is 66.8 Å². The molecule has 1 atom stereocenters. The first-order valence-electron chi connectivity index (χ1n) is 14.8. The third kappa shape index (κ3) is 7.40. The topological polar surface area (TPSA) is 86.8 Å². The summed E-state index contributed by atoms with van der Waals surface area (Å²) in [4.78, 5) is 29.6. The summed E-state index contributed by atoms with van der Waals surface area (Å²) < 4.78 is 29.5. The quantitative estimate of drug-likeness (QED) is 0.298. The predicted molar refractivity (Wildman–Crippen MR) is 168 cm³/mol. The molecule has 7 nitrogen and oxygen atoms in total.